The largest absolute Gasteiger partial charge is 0.344 e. The monoisotopic (exact) mass is 295 g/mol. The van der Waals surface area contributed by atoms with E-state index in [-0.39, 0.29) is 5.91 Å². The van der Waals surface area contributed by atoms with Gasteiger partial charge >= 0.3 is 0 Å². The Hall–Kier alpha value is -1.47. The molecule has 1 aliphatic heterocycles. The maximum atomic E-state index is 12.2. The molecule has 0 spiro atoms. The Kier molecular flexibility index (Phi) is 5.30. The zero-order chi connectivity index (χ0) is 15.4. The summed E-state index contributed by atoms with van der Waals surface area (Å²) in [5, 5.41) is 3.84. The topological polar surface area (TPSA) is 65.7 Å². The molecule has 0 aliphatic carbocycles. The first kappa shape index (κ1) is 15.9. The number of hydrogen-bond acceptors (Lipinski definition) is 6. The number of amides is 1. The van der Waals surface area contributed by atoms with Gasteiger partial charge < -0.3 is 14.3 Å². The van der Waals surface area contributed by atoms with Crippen molar-refractivity contribution in [1.82, 2.24) is 24.8 Å². The van der Waals surface area contributed by atoms with E-state index in [1.54, 1.807) is 11.8 Å². The maximum Gasteiger partial charge on any atom is 0.236 e. The van der Waals surface area contributed by atoms with Crippen molar-refractivity contribution >= 4 is 5.91 Å². The van der Waals surface area contributed by atoms with E-state index in [1.165, 1.54) is 0 Å². The molecule has 1 fully saturated rings. The van der Waals surface area contributed by atoms with Crippen molar-refractivity contribution in [2.75, 3.05) is 47.3 Å². The molecule has 1 atom stereocenters. The van der Waals surface area contributed by atoms with Crippen LogP contribution in [0.1, 0.15) is 18.1 Å². The molecule has 1 saturated heterocycles. The first-order valence-corrected chi connectivity index (χ1v) is 7.37. The van der Waals surface area contributed by atoms with Crippen molar-refractivity contribution in [1.29, 1.82) is 0 Å². The fourth-order valence-corrected chi connectivity index (χ4v) is 2.52. The van der Waals surface area contributed by atoms with Gasteiger partial charge in [-0.05, 0) is 20.5 Å². The minimum Gasteiger partial charge on any atom is -0.344 e. The second-order valence-corrected chi connectivity index (χ2v) is 5.94. The van der Waals surface area contributed by atoms with Crippen molar-refractivity contribution in [2.45, 2.75) is 25.8 Å². The Morgan fingerprint density at radius 3 is 2.76 bits per heavy atom. The van der Waals surface area contributed by atoms with Crippen LogP contribution in [0.25, 0.3) is 0 Å². The number of nitrogens with zero attached hydrogens (tertiary/aromatic N) is 5. The van der Waals surface area contributed by atoms with Crippen molar-refractivity contribution in [3.8, 4) is 0 Å². The first-order chi connectivity index (χ1) is 9.95. The molecule has 1 aliphatic rings. The fraction of sp³-hybridized carbons (Fsp3) is 0.786. The van der Waals surface area contributed by atoms with Gasteiger partial charge in [-0.2, -0.15) is 4.98 Å². The Morgan fingerprint density at radius 2 is 2.19 bits per heavy atom. The lowest BCUT2D eigenvalue weighted by atomic mass is 10.2. The van der Waals surface area contributed by atoms with E-state index in [2.05, 4.69) is 34.0 Å². The lowest BCUT2D eigenvalue weighted by Gasteiger charge is -2.22. The highest BCUT2D eigenvalue weighted by atomic mass is 16.5. The molecule has 1 unspecified atom stereocenters. The lowest BCUT2D eigenvalue weighted by molar-refractivity contribution is -0.130. The standard InChI is InChI=1S/C14H25N5O2/c1-11-15-13(16-21-11)6-7-18(4)14(20)10-19-8-5-12(9-19)17(2)3/h12H,5-10H2,1-4H3. The highest BCUT2D eigenvalue weighted by molar-refractivity contribution is 5.78. The molecule has 0 aromatic carbocycles. The summed E-state index contributed by atoms with van der Waals surface area (Å²) in [6.07, 6.45) is 1.76. The number of rotatable bonds is 6. The smallest absolute Gasteiger partial charge is 0.236 e. The molecule has 118 valence electrons. The summed E-state index contributed by atoms with van der Waals surface area (Å²) in [5.74, 6) is 1.36. The molecule has 2 heterocycles. The number of likely N-dealkylation sites (tertiary alicyclic amines) is 1. The summed E-state index contributed by atoms with van der Waals surface area (Å²) in [5.41, 5.74) is 0. The van der Waals surface area contributed by atoms with E-state index in [1.807, 2.05) is 7.05 Å². The van der Waals surface area contributed by atoms with Crippen molar-refractivity contribution < 1.29 is 9.32 Å². The zero-order valence-electron chi connectivity index (χ0n) is 13.4. The van der Waals surface area contributed by atoms with E-state index in [0.29, 0.717) is 37.3 Å². The number of hydrogen-bond donors (Lipinski definition) is 0. The predicted molar refractivity (Wildman–Crippen MR) is 78.9 cm³/mol. The first-order valence-electron chi connectivity index (χ1n) is 7.37. The van der Waals surface area contributed by atoms with Gasteiger partial charge in [0.1, 0.15) is 0 Å². The molecule has 1 amide bonds. The van der Waals surface area contributed by atoms with Gasteiger partial charge in [0.25, 0.3) is 0 Å². The third-order valence-electron chi connectivity index (χ3n) is 4.00. The van der Waals surface area contributed by atoms with Crippen molar-refractivity contribution in [3.05, 3.63) is 11.7 Å². The highest BCUT2D eigenvalue weighted by Gasteiger charge is 2.26. The summed E-state index contributed by atoms with van der Waals surface area (Å²) in [6.45, 7) is 4.83. The van der Waals surface area contributed by atoms with Gasteiger partial charge in [0.2, 0.25) is 11.8 Å². The average Bonchev–Trinajstić information content (AvgIpc) is 3.05. The van der Waals surface area contributed by atoms with E-state index in [4.69, 9.17) is 4.52 Å². The molecule has 0 saturated carbocycles. The van der Waals surface area contributed by atoms with Crippen molar-refractivity contribution in [2.24, 2.45) is 0 Å². The van der Waals surface area contributed by atoms with Gasteiger partial charge in [-0.1, -0.05) is 5.16 Å². The van der Waals surface area contributed by atoms with E-state index < -0.39 is 0 Å². The fourth-order valence-electron chi connectivity index (χ4n) is 2.52. The van der Waals surface area contributed by atoms with Crippen molar-refractivity contribution in [3.63, 3.8) is 0 Å². The quantitative estimate of drug-likeness (QED) is 0.737. The van der Waals surface area contributed by atoms with Crippen LogP contribution >= 0.6 is 0 Å². The van der Waals surface area contributed by atoms with E-state index in [9.17, 15) is 4.79 Å². The minimum atomic E-state index is 0.148. The zero-order valence-corrected chi connectivity index (χ0v) is 13.4. The lowest BCUT2D eigenvalue weighted by Crippen LogP contribution is -2.39. The molecule has 21 heavy (non-hydrogen) atoms. The second-order valence-electron chi connectivity index (χ2n) is 5.94. The summed E-state index contributed by atoms with van der Waals surface area (Å²) in [7, 11) is 6.01. The molecule has 1 aromatic heterocycles. The number of aromatic nitrogens is 2. The molecule has 7 heteroatoms. The van der Waals surface area contributed by atoms with Crippen LogP contribution in [0.4, 0.5) is 0 Å². The summed E-state index contributed by atoms with van der Waals surface area (Å²) in [4.78, 5) is 22.5. The second kappa shape index (κ2) is 7.00. The van der Waals surface area contributed by atoms with Crippen LogP contribution in [0.5, 0.6) is 0 Å². The molecular weight excluding hydrogens is 270 g/mol. The molecule has 0 N–H and O–H groups in total. The molecule has 0 radical (unpaired) electrons. The summed E-state index contributed by atoms with van der Waals surface area (Å²) >= 11 is 0. The van der Waals surface area contributed by atoms with Gasteiger partial charge in [0.05, 0.1) is 6.54 Å². The van der Waals surface area contributed by atoms with E-state index >= 15 is 0 Å². The molecule has 0 bridgehead atoms. The minimum absolute atomic E-state index is 0.148. The molecule has 7 nitrogen and oxygen atoms in total. The number of carbonyl (C=O) groups excluding carboxylic acids is 1. The molecular formula is C14H25N5O2. The third kappa shape index (κ3) is 4.50. The Morgan fingerprint density at radius 1 is 1.43 bits per heavy atom. The van der Waals surface area contributed by atoms with Crippen LogP contribution in [0, 0.1) is 6.92 Å². The highest BCUT2D eigenvalue weighted by Crippen LogP contribution is 2.12. The predicted octanol–water partition coefficient (Wildman–Crippen LogP) is 0.0148. The van der Waals surface area contributed by atoms with Crippen LogP contribution in [0.3, 0.4) is 0 Å². The van der Waals surface area contributed by atoms with Crippen LogP contribution in [0.15, 0.2) is 4.52 Å². The van der Waals surface area contributed by atoms with Gasteiger partial charge in [-0.15, -0.1) is 0 Å². The molecule has 2 rings (SSSR count). The Bertz CT molecular complexity index is 474. The Labute approximate surface area is 125 Å². The van der Waals surface area contributed by atoms with Gasteiger partial charge in [-0.3, -0.25) is 9.69 Å². The van der Waals surface area contributed by atoms with Gasteiger partial charge in [0, 0.05) is 46.1 Å². The van der Waals surface area contributed by atoms with Crippen LogP contribution in [-0.2, 0) is 11.2 Å². The third-order valence-corrected chi connectivity index (χ3v) is 4.00. The van der Waals surface area contributed by atoms with Crippen LogP contribution in [0.2, 0.25) is 0 Å². The van der Waals surface area contributed by atoms with Crippen LogP contribution < -0.4 is 0 Å². The summed E-state index contributed by atoms with van der Waals surface area (Å²) in [6, 6.07) is 0.561. The Balaban J connectivity index is 1.73. The van der Waals surface area contributed by atoms with Crippen LogP contribution in [-0.4, -0.2) is 84.1 Å². The van der Waals surface area contributed by atoms with Gasteiger partial charge in [-0.25, -0.2) is 0 Å². The maximum absolute atomic E-state index is 12.2. The normalized spacial score (nSPS) is 19.4. The molecule has 1 aromatic rings. The number of aryl methyl sites for hydroxylation is 1. The number of carbonyl (C=O) groups is 1. The SMILES string of the molecule is Cc1nc(CCN(C)C(=O)CN2CCC(N(C)C)C2)no1. The number of likely N-dealkylation sites (N-methyl/N-ethyl adjacent to an activating group) is 2. The van der Waals surface area contributed by atoms with Gasteiger partial charge in [0.15, 0.2) is 5.82 Å². The average molecular weight is 295 g/mol. The summed E-state index contributed by atoms with van der Waals surface area (Å²) < 4.78 is 4.92. The van der Waals surface area contributed by atoms with E-state index in [0.717, 1.165) is 19.5 Å².